The summed E-state index contributed by atoms with van der Waals surface area (Å²) in [7, 11) is -3.64. The van der Waals surface area contributed by atoms with Crippen LogP contribution in [0.15, 0.2) is 59.5 Å². The summed E-state index contributed by atoms with van der Waals surface area (Å²) in [5.74, 6) is 0.517. The summed E-state index contributed by atoms with van der Waals surface area (Å²) in [6, 6.07) is 15.4. The molecule has 0 bridgehead atoms. The molecule has 0 spiro atoms. The molecule has 0 radical (unpaired) electrons. The summed E-state index contributed by atoms with van der Waals surface area (Å²) in [6.45, 7) is 4.18. The molecule has 3 rings (SSSR count). The van der Waals surface area contributed by atoms with Crippen molar-refractivity contribution >= 4 is 27.3 Å². The zero-order chi connectivity index (χ0) is 18.0. The fraction of sp³-hybridized carbons (Fsp3) is 0.316. The van der Waals surface area contributed by atoms with Gasteiger partial charge in [-0.15, -0.1) is 0 Å². The van der Waals surface area contributed by atoms with Gasteiger partial charge >= 0.3 is 0 Å². The maximum atomic E-state index is 12.9. The third kappa shape index (κ3) is 3.69. The summed E-state index contributed by atoms with van der Waals surface area (Å²) in [5.41, 5.74) is 1.25. The van der Waals surface area contributed by atoms with Gasteiger partial charge in [-0.2, -0.15) is 0 Å². The standard InChI is InChI=1S/C19H22N2O3S/c1-3-21(16-7-5-4-6-8-16)25(23,24)17-11-9-15(10-12-17)20-19(22)18-13-14(18)2/h4-12,14,18H,3,13H2,1-2H3,(H,20,22)/t14-,18+/m1/s1. The van der Waals surface area contributed by atoms with Crippen molar-refractivity contribution in [2.45, 2.75) is 25.2 Å². The largest absolute Gasteiger partial charge is 0.326 e. The van der Waals surface area contributed by atoms with Gasteiger partial charge in [-0.25, -0.2) is 8.42 Å². The van der Waals surface area contributed by atoms with Crippen LogP contribution >= 0.6 is 0 Å². The molecular formula is C19H22N2O3S. The van der Waals surface area contributed by atoms with Crippen molar-refractivity contribution < 1.29 is 13.2 Å². The van der Waals surface area contributed by atoms with Gasteiger partial charge in [-0.3, -0.25) is 9.10 Å². The molecule has 25 heavy (non-hydrogen) atoms. The van der Waals surface area contributed by atoms with E-state index in [0.717, 1.165) is 6.42 Å². The molecule has 132 valence electrons. The van der Waals surface area contributed by atoms with Crippen molar-refractivity contribution in [3.8, 4) is 0 Å². The highest BCUT2D eigenvalue weighted by Crippen LogP contribution is 2.38. The summed E-state index contributed by atoms with van der Waals surface area (Å²) in [6.07, 6.45) is 0.917. The molecule has 1 fully saturated rings. The smallest absolute Gasteiger partial charge is 0.264 e. The lowest BCUT2D eigenvalue weighted by atomic mass is 10.3. The molecule has 0 unspecified atom stereocenters. The maximum Gasteiger partial charge on any atom is 0.264 e. The molecule has 1 aliphatic carbocycles. The van der Waals surface area contributed by atoms with Crippen LogP contribution in [0, 0.1) is 11.8 Å². The predicted octanol–water partition coefficient (Wildman–Crippen LogP) is 3.50. The average Bonchev–Trinajstić information content (AvgIpc) is 3.34. The van der Waals surface area contributed by atoms with Crippen molar-refractivity contribution in [2.24, 2.45) is 11.8 Å². The quantitative estimate of drug-likeness (QED) is 0.859. The van der Waals surface area contributed by atoms with Gasteiger partial charge in [0, 0.05) is 18.2 Å². The number of sulfonamides is 1. The Morgan fingerprint density at radius 1 is 1.12 bits per heavy atom. The fourth-order valence-electron chi connectivity index (χ4n) is 2.85. The Kier molecular flexibility index (Phi) is 4.81. The van der Waals surface area contributed by atoms with Crippen molar-refractivity contribution in [3.05, 3.63) is 54.6 Å². The van der Waals surface area contributed by atoms with E-state index in [2.05, 4.69) is 5.32 Å². The van der Waals surface area contributed by atoms with Crippen LogP contribution in [-0.2, 0) is 14.8 Å². The van der Waals surface area contributed by atoms with Crippen molar-refractivity contribution in [3.63, 3.8) is 0 Å². The lowest BCUT2D eigenvalue weighted by molar-refractivity contribution is -0.117. The maximum absolute atomic E-state index is 12.9. The van der Waals surface area contributed by atoms with E-state index in [0.29, 0.717) is 23.8 Å². The Balaban J connectivity index is 1.79. The van der Waals surface area contributed by atoms with Gasteiger partial charge in [0.1, 0.15) is 0 Å². The van der Waals surface area contributed by atoms with E-state index in [1.54, 1.807) is 31.2 Å². The highest BCUT2D eigenvalue weighted by atomic mass is 32.2. The van der Waals surface area contributed by atoms with Gasteiger partial charge < -0.3 is 5.32 Å². The summed E-state index contributed by atoms with van der Waals surface area (Å²) < 4.78 is 27.2. The van der Waals surface area contributed by atoms with Gasteiger partial charge in [0.15, 0.2) is 0 Å². The SMILES string of the molecule is CCN(c1ccccc1)S(=O)(=O)c1ccc(NC(=O)[C@H]2C[C@H]2C)cc1. The molecule has 1 saturated carbocycles. The minimum absolute atomic E-state index is 0.00239. The third-order valence-corrected chi connectivity index (χ3v) is 6.40. The highest BCUT2D eigenvalue weighted by Gasteiger charge is 2.39. The number of benzene rings is 2. The molecule has 5 nitrogen and oxygen atoms in total. The molecule has 1 N–H and O–H groups in total. The van der Waals surface area contributed by atoms with Gasteiger partial charge in [-0.1, -0.05) is 25.1 Å². The summed E-state index contributed by atoms with van der Waals surface area (Å²) in [5, 5.41) is 2.84. The molecule has 1 amide bonds. The van der Waals surface area contributed by atoms with Gasteiger partial charge in [0.25, 0.3) is 10.0 Å². The number of nitrogens with one attached hydrogen (secondary N) is 1. The highest BCUT2D eigenvalue weighted by molar-refractivity contribution is 7.92. The van der Waals surface area contributed by atoms with E-state index < -0.39 is 10.0 Å². The topological polar surface area (TPSA) is 66.5 Å². The third-order valence-electron chi connectivity index (χ3n) is 4.49. The Bertz CT molecular complexity index is 848. The van der Waals surface area contributed by atoms with Crippen molar-refractivity contribution in [1.29, 1.82) is 0 Å². The molecule has 2 aromatic rings. The Morgan fingerprint density at radius 3 is 2.24 bits per heavy atom. The average molecular weight is 358 g/mol. The van der Waals surface area contributed by atoms with Crippen LogP contribution in [0.3, 0.4) is 0 Å². The van der Waals surface area contributed by atoms with Crippen LogP contribution in [0.1, 0.15) is 20.3 Å². The number of nitrogens with zero attached hydrogens (tertiary/aromatic N) is 1. The van der Waals surface area contributed by atoms with Crippen LogP contribution in [0.2, 0.25) is 0 Å². The molecule has 0 aromatic heterocycles. The first-order valence-electron chi connectivity index (χ1n) is 8.42. The number of hydrogen-bond donors (Lipinski definition) is 1. The zero-order valence-corrected chi connectivity index (χ0v) is 15.2. The van der Waals surface area contributed by atoms with E-state index in [1.807, 2.05) is 25.1 Å². The first-order valence-corrected chi connectivity index (χ1v) is 9.86. The lowest BCUT2D eigenvalue weighted by Crippen LogP contribution is -2.30. The Labute approximate surface area is 148 Å². The second-order valence-corrected chi connectivity index (χ2v) is 8.20. The molecule has 2 aromatic carbocycles. The molecular weight excluding hydrogens is 336 g/mol. The summed E-state index contributed by atoms with van der Waals surface area (Å²) >= 11 is 0. The fourth-order valence-corrected chi connectivity index (χ4v) is 4.32. The van der Waals surface area contributed by atoms with Gasteiger partial charge in [0.05, 0.1) is 10.6 Å². The van der Waals surface area contributed by atoms with Gasteiger partial charge in [0.2, 0.25) is 5.91 Å². The molecule has 0 heterocycles. The number of carbonyl (C=O) groups excluding carboxylic acids is 1. The van der Waals surface area contributed by atoms with E-state index in [1.165, 1.54) is 16.4 Å². The second kappa shape index (κ2) is 6.88. The van der Waals surface area contributed by atoms with Crippen LogP contribution in [0.4, 0.5) is 11.4 Å². The zero-order valence-electron chi connectivity index (χ0n) is 14.3. The predicted molar refractivity (Wildman–Crippen MR) is 99.0 cm³/mol. The monoisotopic (exact) mass is 358 g/mol. The molecule has 1 aliphatic rings. The molecule has 0 saturated heterocycles. The van der Waals surface area contributed by atoms with E-state index in [-0.39, 0.29) is 16.7 Å². The molecule has 2 atom stereocenters. The summed E-state index contributed by atoms with van der Waals surface area (Å²) in [4.78, 5) is 12.2. The van der Waals surface area contributed by atoms with E-state index >= 15 is 0 Å². The lowest BCUT2D eigenvalue weighted by Gasteiger charge is -2.23. The van der Waals surface area contributed by atoms with Crippen LogP contribution in [0.5, 0.6) is 0 Å². The number of amides is 1. The second-order valence-electron chi connectivity index (χ2n) is 6.34. The number of rotatable bonds is 6. The first kappa shape index (κ1) is 17.5. The van der Waals surface area contributed by atoms with Crippen LogP contribution < -0.4 is 9.62 Å². The first-order chi connectivity index (χ1) is 11.9. The number of hydrogen-bond acceptors (Lipinski definition) is 3. The normalized spacial score (nSPS) is 19.3. The van der Waals surface area contributed by atoms with Crippen molar-refractivity contribution in [2.75, 3.05) is 16.2 Å². The van der Waals surface area contributed by atoms with Crippen LogP contribution in [-0.4, -0.2) is 20.9 Å². The van der Waals surface area contributed by atoms with Crippen molar-refractivity contribution in [1.82, 2.24) is 0 Å². The molecule has 6 heteroatoms. The van der Waals surface area contributed by atoms with Crippen LogP contribution in [0.25, 0.3) is 0 Å². The Morgan fingerprint density at radius 2 is 1.72 bits per heavy atom. The number of carbonyl (C=O) groups is 1. The number of para-hydroxylation sites is 1. The molecule has 0 aliphatic heterocycles. The van der Waals surface area contributed by atoms with E-state index in [9.17, 15) is 13.2 Å². The minimum atomic E-state index is -3.64. The van der Waals surface area contributed by atoms with E-state index in [4.69, 9.17) is 0 Å². The number of anilines is 2. The Hall–Kier alpha value is -2.34. The van der Waals surface area contributed by atoms with Gasteiger partial charge in [-0.05, 0) is 55.7 Å². The minimum Gasteiger partial charge on any atom is -0.326 e.